The first-order valence-corrected chi connectivity index (χ1v) is 13.5. The second-order valence-corrected chi connectivity index (χ2v) is 10.3. The molecular weight excluding hydrogens is 566 g/mol. The Labute approximate surface area is 235 Å². The minimum atomic E-state index is -0.282. The number of para-hydroxylation sites is 1. The maximum Gasteiger partial charge on any atom is 0.282 e. The van der Waals surface area contributed by atoms with Crippen molar-refractivity contribution in [3.63, 3.8) is 0 Å². The molecule has 6 nitrogen and oxygen atoms in total. The van der Waals surface area contributed by atoms with Crippen LogP contribution in [0.25, 0.3) is 22.3 Å². The molecule has 0 saturated heterocycles. The van der Waals surface area contributed by atoms with Crippen molar-refractivity contribution in [2.45, 2.75) is 33.6 Å². The fraction of sp³-hybridized carbons (Fsp3) is 0.233. The van der Waals surface area contributed by atoms with Crippen molar-refractivity contribution in [2.24, 2.45) is 5.10 Å². The molecule has 1 aromatic heterocycles. The third kappa shape index (κ3) is 5.69. The lowest BCUT2D eigenvalue weighted by atomic mass is 9.96. The van der Waals surface area contributed by atoms with Crippen LogP contribution in [0.5, 0.6) is 11.5 Å². The highest BCUT2D eigenvalue weighted by Gasteiger charge is 2.19. The summed E-state index contributed by atoms with van der Waals surface area (Å²) in [5.41, 5.74) is 3.67. The van der Waals surface area contributed by atoms with E-state index < -0.39 is 0 Å². The van der Waals surface area contributed by atoms with Gasteiger partial charge in [-0.1, -0.05) is 50.2 Å². The molecule has 8 heteroatoms. The Balaban J connectivity index is 1.98. The molecule has 4 rings (SSSR count). The molecule has 0 amide bonds. The lowest BCUT2D eigenvalue weighted by Crippen LogP contribution is -2.21. The van der Waals surface area contributed by atoms with Crippen LogP contribution in [-0.2, 0) is 0 Å². The minimum absolute atomic E-state index is 0.202. The molecule has 0 aliphatic rings. The number of aromatic nitrogens is 2. The van der Waals surface area contributed by atoms with Crippen LogP contribution in [0, 0.1) is 6.92 Å². The van der Waals surface area contributed by atoms with E-state index in [0.717, 1.165) is 22.4 Å². The number of nitrogens with zero attached hydrogens (tertiary/aromatic N) is 3. The first kappa shape index (κ1) is 27.6. The highest BCUT2D eigenvalue weighted by atomic mass is 79.9. The van der Waals surface area contributed by atoms with Gasteiger partial charge in [0, 0.05) is 16.1 Å². The largest absolute Gasteiger partial charge is 0.494 e. The van der Waals surface area contributed by atoms with Gasteiger partial charge < -0.3 is 9.47 Å². The Morgan fingerprint density at radius 1 is 1.18 bits per heavy atom. The first-order valence-electron chi connectivity index (χ1n) is 12.3. The Kier molecular flexibility index (Phi) is 8.69. The van der Waals surface area contributed by atoms with E-state index in [4.69, 9.17) is 26.1 Å². The van der Waals surface area contributed by atoms with Crippen molar-refractivity contribution >= 4 is 44.6 Å². The number of halogens is 2. The molecule has 196 valence electrons. The van der Waals surface area contributed by atoms with E-state index in [1.807, 2.05) is 44.2 Å². The van der Waals surface area contributed by atoms with Crippen LogP contribution in [0.15, 0.2) is 75.6 Å². The fourth-order valence-corrected chi connectivity index (χ4v) is 5.12. The van der Waals surface area contributed by atoms with Gasteiger partial charge in [0.15, 0.2) is 5.82 Å². The van der Waals surface area contributed by atoms with Gasteiger partial charge in [0.05, 0.1) is 28.2 Å². The summed E-state index contributed by atoms with van der Waals surface area (Å²) in [4.78, 5) is 18.6. The molecule has 3 aromatic carbocycles. The zero-order chi connectivity index (χ0) is 27.4. The lowest BCUT2D eigenvalue weighted by molar-refractivity contribution is 0.335. The van der Waals surface area contributed by atoms with Crippen molar-refractivity contribution in [2.75, 3.05) is 13.2 Å². The molecule has 0 aliphatic carbocycles. The van der Waals surface area contributed by atoms with E-state index >= 15 is 0 Å². The average molecular weight is 595 g/mol. The first-order chi connectivity index (χ1) is 18.2. The van der Waals surface area contributed by atoms with Crippen molar-refractivity contribution in [1.29, 1.82) is 0 Å². The normalized spacial score (nSPS) is 11.4. The van der Waals surface area contributed by atoms with Gasteiger partial charge in [-0.05, 0) is 83.2 Å². The highest BCUT2D eigenvalue weighted by molar-refractivity contribution is 9.10. The topological polar surface area (TPSA) is 65.7 Å². The summed E-state index contributed by atoms with van der Waals surface area (Å²) in [6.07, 6.45) is 3.21. The molecule has 0 unspecified atom stereocenters. The van der Waals surface area contributed by atoms with Crippen molar-refractivity contribution in [3.8, 4) is 22.9 Å². The zero-order valence-electron chi connectivity index (χ0n) is 21.8. The predicted octanol–water partition coefficient (Wildman–Crippen LogP) is 7.76. The molecule has 1 heterocycles. The number of aryl methyl sites for hydroxylation is 1. The smallest absolute Gasteiger partial charge is 0.282 e. The standard InChI is InChI=1S/C30H29BrClN3O3/c1-6-12-38-28-20(14-21(32)15-25(28)31)17-33-35-29(34-26-11-9-8-10-22(26)30(35)36)24-16-23(18(3)4)27(37-7-2)13-19(24)5/h6,8-11,13-18H,1,7,12H2,2-5H3. The van der Waals surface area contributed by atoms with E-state index in [1.165, 1.54) is 4.68 Å². The molecule has 0 radical (unpaired) electrons. The molecule has 0 aliphatic heterocycles. The van der Waals surface area contributed by atoms with Crippen molar-refractivity contribution < 1.29 is 9.47 Å². The number of rotatable bonds is 9. The number of hydrogen-bond acceptors (Lipinski definition) is 5. The number of benzene rings is 3. The van der Waals surface area contributed by atoms with E-state index in [9.17, 15) is 4.79 Å². The lowest BCUT2D eigenvalue weighted by Gasteiger charge is -2.18. The summed E-state index contributed by atoms with van der Waals surface area (Å²) >= 11 is 9.83. The number of hydrogen-bond donors (Lipinski definition) is 0. The van der Waals surface area contributed by atoms with Crippen LogP contribution in [0.3, 0.4) is 0 Å². The molecule has 0 atom stereocenters. The summed E-state index contributed by atoms with van der Waals surface area (Å²) in [6.45, 7) is 12.7. The van der Waals surface area contributed by atoms with Crippen LogP contribution in [0.4, 0.5) is 0 Å². The molecule has 0 fully saturated rings. The van der Waals surface area contributed by atoms with Gasteiger partial charge in [-0.2, -0.15) is 9.78 Å². The van der Waals surface area contributed by atoms with Gasteiger partial charge in [-0.25, -0.2) is 4.98 Å². The molecule has 4 aromatic rings. The van der Waals surface area contributed by atoms with E-state index in [2.05, 4.69) is 41.5 Å². The van der Waals surface area contributed by atoms with Crippen LogP contribution in [0.2, 0.25) is 5.02 Å². The van der Waals surface area contributed by atoms with E-state index in [-0.39, 0.29) is 11.5 Å². The van der Waals surface area contributed by atoms with Gasteiger partial charge in [-0.3, -0.25) is 4.79 Å². The van der Waals surface area contributed by atoms with Crippen LogP contribution >= 0.6 is 27.5 Å². The summed E-state index contributed by atoms with van der Waals surface area (Å²) in [7, 11) is 0. The van der Waals surface area contributed by atoms with Gasteiger partial charge in [-0.15, -0.1) is 0 Å². The summed E-state index contributed by atoms with van der Waals surface area (Å²) in [6, 6.07) is 14.8. The van der Waals surface area contributed by atoms with Crippen molar-refractivity contribution in [3.05, 3.63) is 97.7 Å². The average Bonchev–Trinajstić information content (AvgIpc) is 2.87. The predicted molar refractivity (Wildman–Crippen MR) is 159 cm³/mol. The minimum Gasteiger partial charge on any atom is -0.494 e. The molecule has 0 saturated carbocycles. The van der Waals surface area contributed by atoms with Crippen molar-refractivity contribution in [1.82, 2.24) is 9.66 Å². The third-order valence-corrected chi connectivity index (χ3v) is 6.78. The highest BCUT2D eigenvalue weighted by Crippen LogP contribution is 2.35. The van der Waals surface area contributed by atoms with Gasteiger partial charge >= 0.3 is 0 Å². The van der Waals surface area contributed by atoms with Gasteiger partial charge in [0.2, 0.25) is 0 Å². The SMILES string of the molecule is C=CCOc1c(Br)cc(Cl)cc1C=Nn1c(-c2cc(C(C)C)c(OCC)cc2C)nc2ccccc2c1=O. The van der Waals surface area contributed by atoms with Crippen LogP contribution < -0.4 is 15.0 Å². The second kappa shape index (κ2) is 12.0. The van der Waals surface area contributed by atoms with E-state index in [1.54, 1.807) is 30.5 Å². The zero-order valence-corrected chi connectivity index (χ0v) is 24.1. The molecular formula is C30H29BrClN3O3. The van der Waals surface area contributed by atoms with Gasteiger partial charge in [0.1, 0.15) is 18.1 Å². The maximum atomic E-state index is 13.7. The Bertz CT molecular complexity index is 1590. The Morgan fingerprint density at radius 3 is 2.66 bits per heavy atom. The molecule has 38 heavy (non-hydrogen) atoms. The number of fused-ring (bicyclic) bond motifs is 1. The van der Waals surface area contributed by atoms with Crippen LogP contribution in [-0.4, -0.2) is 29.1 Å². The third-order valence-electron chi connectivity index (χ3n) is 5.97. The quantitative estimate of drug-likeness (QED) is 0.147. The fourth-order valence-electron chi connectivity index (χ4n) is 4.17. The molecule has 0 bridgehead atoms. The van der Waals surface area contributed by atoms with Crippen LogP contribution in [0.1, 0.15) is 43.4 Å². The second-order valence-electron chi connectivity index (χ2n) is 9.01. The Morgan fingerprint density at radius 2 is 1.95 bits per heavy atom. The monoisotopic (exact) mass is 593 g/mol. The summed E-state index contributed by atoms with van der Waals surface area (Å²) < 4.78 is 13.8. The summed E-state index contributed by atoms with van der Waals surface area (Å²) in [5.74, 6) is 2.01. The molecule has 0 N–H and O–H groups in total. The summed E-state index contributed by atoms with van der Waals surface area (Å²) in [5, 5.41) is 5.59. The number of ether oxygens (including phenoxy) is 2. The maximum absolute atomic E-state index is 13.7. The Hall–Kier alpha value is -3.42. The van der Waals surface area contributed by atoms with Gasteiger partial charge in [0.25, 0.3) is 5.56 Å². The van der Waals surface area contributed by atoms with E-state index in [0.29, 0.717) is 50.7 Å². The molecule has 0 spiro atoms.